The quantitative estimate of drug-likeness (QED) is 0.662. The molecule has 1 heterocycles. The summed E-state index contributed by atoms with van der Waals surface area (Å²) < 4.78 is 28.9. The number of hydrogen-bond donors (Lipinski definition) is 1. The second kappa shape index (κ2) is 6.54. The minimum absolute atomic E-state index is 0.425. The molecule has 1 N–H and O–H groups in total. The van der Waals surface area contributed by atoms with Crippen molar-refractivity contribution in [1.29, 1.82) is 0 Å². The van der Waals surface area contributed by atoms with Crippen LogP contribution in [0.1, 0.15) is 12.8 Å². The lowest BCUT2D eigenvalue weighted by Crippen LogP contribution is -2.36. The Morgan fingerprint density at radius 2 is 2.05 bits per heavy atom. The lowest BCUT2D eigenvalue weighted by molar-refractivity contribution is -0.386. The predicted molar refractivity (Wildman–Crippen MR) is 72.3 cm³/mol. The molecule has 0 aliphatic carbocycles. The number of ether oxygens (including phenoxy) is 1. The molecule has 9 heteroatoms. The van der Waals surface area contributed by atoms with E-state index in [1.165, 1.54) is 12.1 Å². The van der Waals surface area contributed by atoms with E-state index in [-0.39, 0.29) is 0 Å². The number of hydrogen-bond acceptors (Lipinski definition) is 5. The van der Waals surface area contributed by atoms with Crippen LogP contribution >= 0.6 is 0 Å². The number of carboxylic acids is 1. The number of halogens is 2. The Morgan fingerprint density at radius 3 is 2.55 bits per heavy atom. The van der Waals surface area contributed by atoms with Crippen LogP contribution in [0.4, 0.5) is 20.2 Å². The topological polar surface area (TPSA) is 92.9 Å². The lowest BCUT2D eigenvalue weighted by atomic mass is 9.97. The second-order valence-corrected chi connectivity index (χ2v) is 4.89. The molecule has 1 fully saturated rings. The summed E-state index contributed by atoms with van der Waals surface area (Å²) in [4.78, 5) is 22.7. The van der Waals surface area contributed by atoms with Crippen molar-refractivity contribution in [2.75, 3.05) is 18.0 Å². The Kier molecular flexibility index (Phi) is 4.74. The van der Waals surface area contributed by atoms with E-state index in [0.29, 0.717) is 31.6 Å². The molecule has 0 radical (unpaired) electrons. The van der Waals surface area contributed by atoms with Crippen molar-refractivity contribution >= 4 is 17.3 Å². The molecule has 1 aromatic carbocycles. The Balaban J connectivity index is 2.18. The molecule has 0 aromatic heterocycles. The van der Waals surface area contributed by atoms with Gasteiger partial charge in [-0.05, 0) is 18.9 Å². The molecule has 7 nitrogen and oxygen atoms in total. The van der Waals surface area contributed by atoms with Gasteiger partial charge in [-0.1, -0.05) is 0 Å². The average molecular weight is 316 g/mol. The first-order valence-corrected chi connectivity index (χ1v) is 6.59. The van der Waals surface area contributed by atoms with Crippen LogP contribution < -0.4 is 9.64 Å². The summed E-state index contributed by atoms with van der Waals surface area (Å²) in [6.45, 7) is -2.29. The Morgan fingerprint density at radius 1 is 1.41 bits per heavy atom. The molecule has 1 aromatic rings. The van der Waals surface area contributed by atoms with Gasteiger partial charge in [0.1, 0.15) is 0 Å². The van der Waals surface area contributed by atoms with Gasteiger partial charge in [-0.15, -0.1) is 0 Å². The van der Waals surface area contributed by atoms with Crippen LogP contribution in [0.15, 0.2) is 18.2 Å². The first-order chi connectivity index (χ1) is 10.4. The van der Waals surface area contributed by atoms with Crippen LogP contribution in [0.2, 0.25) is 0 Å². The van der Waals surface area contributed by atoms with Gasteiger partial charge >= 0.3 is 18.3 Å². The van der Waals surface area contributed by atoms with Crippen LogP contribution in [-0.2, 0) is 4.79 Å². The Hall–Kier alpha value is -2.45. The summed E-state index contributed by atoms with van der Waals surface area (Å²) in [7, 11) is 0. The minimum atomic E-state index is -3.16. The molecule has 1 aliphatic rings. The number of anilines is 1. The molecular formula is C13H14F2N2O5. The number of carboxylic acid groups (broad SMARTS) is 1. The number of benzene rings is 1. The number of nitro benzene ring substituents is 1. The molecular weight excluding hydrogens is 302 g/mol. The van der Waals surface area contributed by atoms with Crippen molar-refractivity contribution in [1.82, 2.24) is 0 Å². The molecule has 0 saturated carbocycles. The first-order valence-electron chi connectivity index (χ1n) is 6.59. The standard InChI is InChI=1S/C13H14F2N2O5/c14-13(15)22-11-7-9(1-2-10(11)17(20)21)16-5-3-8(4-6-16)12(18)19/h1-2,7-8,13H,3-6H2,(H,18,19). The van der Waals surface area contributed by atoms with Gasteiger partial charge in [0, 0.05) is 30.9 Å². The maximum atomic E-state index is 12.4. The van der Waals surface area contributed by atoms with E-state index >= 15 is 0 Å². The smallest absolute Gasteiger partial charge is 0.387 e. The monoisotopic (exact) mass is 316 g/mol. The summed E-state index contributed by atoms with van der Waals surface area (Å²) >= 11 is 0. The van der Waals surface area contributed by atoms with Crippen LogP contribution in [0, 0.1) is 16.0 Å². The highest BCUT2D eigenvalue weighted by molar-refractivity contribution is 5.70. The van der Waals surface area contributed by atoms with Gasteiger partial charge in [-0.3, -0.25) is 14.9 Å². The highest BCUT2D eigenvalue weighted by Gasteiger charge is 2.26. The third-order valence-corrected chi connectivity index (χ3v) is 3.57. The normalized spacial score (nSPS) is 15.9. The molecule has 0 spiro atoms. The molecule has 0 unspecified atom stereocenters. The van der Waals surface area contributed by atoms with E-state index in [9.17, 15) is 23.7 Å². The number of piperidine rings is 1. The van der Waals surface area contributed by atoms with Gasteiger partial charge in [-0.25, -0.2) is 0 Å². The summed E-state index contributed by atoms with van der Waals surface area (Å²) in [5, 5.41) is 19.7. The molecule has 1 saturated heterocycles. The zero-order chi connectivity index (χ0) is 16.3. The summed E-state index contributed by atoms with van der Waals surface area (Å²) in [6, 6.07) is 3.74. The second-order valence-electron chi connectivity index (χ2n) is 4.89. The van der Waals surface area contributed by atoms with Crippen LogP contribution in [0.3, 0.4) is 0 Å². The summed E-state index contributed by atoms with van der Waals surface area (Å²) in [5.74, 6) is -1.78. The van der Waals surface area contributed by atoms with Crippen molar-refractivity contribution in [3.63, 3.8) is 0 Å². The lowest BCUT2D eigenvalue weighted by Gasteiger charge is -2.32. The van der Waals surface area contributed by atoms with Crippen molar-refractivity contribution in [3.05, 3.63) is 28.3 Å². The van der Waals surface area contributed by atoms with Crippen molar-refractivity contribution in [2.24, 2.45) is 5.92 Å². The Bertz CT molecular complexity index is 574. The number of aliphatic carboxylic acids is 1. The number of carbonyl (C=O) groups is 1. The number of nitro groups is 1. The summed E-state index contributed by atoms with van der Waals surface area (Å²) in [5.41, 5.74) is -0.0467. The van der Waals surface area contributed by atoms with E-state index in [4.69, 9.17) is 5.11 Å². The molecule has 1 aliphatic heterocycles. The molecule has 120 valence electrons. The fourth-order valence-electron chi connectivity index (χ4n) is 2.43. The van der Waals surface area contributed by atoms with Crippen LogP contribution in [-0.4, -0.2) is 35.7 Å². The maximum Gasteiger partial charge on any atom is 0.387 e. The van der Waals surface area contributed by atoms with E-state index < -0.39 is 34.9 Å². The van der Waals surface area contributed by atoms with Crippen molar-refractivity contribution < 1.29 is 28.3 Å². The van der Waals surface area contributed by atoms with Crippen LogP contribution in [0.25, 0.3) is 0 Å². The molecule has 0 amide bonds. The van der Waals surface area contributed by atoms with Crippen molar-refractivity contribution in [2.45, 2.75) is 19.5 Å². The number of alkyl halides is 2. The fraction of sp³-hybridized carbons (Fsp3) is 0.462. The van der Waals surface area contributed by atoms with Gasteiger partial charge in [-0.2, -0.15) is 8.78 Å². The summed E-state index contributed by atoms with van der Waals surface area (Å²) in [6.07, 6.45) is 0.856. The van der Waals surface area contributed by atoms with Gasteiger partial charge in [0.05, 0.1) is 10.8 Å². The highest BCUT2D eigenvalue weighted by Crippen LogP contribution is 2.34. The van der Waals surface area contributed by atoms with Gasteiger partial charge in [0.25, 0.3) is 0 Å². The number of nitrogens with zero attached hydrogens (tertiary/aromatic N) is 2. The zero-order valence-electron chi connectivity index (χ0n) is 11.4. The predicted octanol–water partition coefficient (Wildman–Crippen LogP) is 2.50. The zero-order valence-corrected chi connectivity index (χ0v) is 11.4. The minimum Gasteiger partial charge on any atom is -0.481 e. The van der Waals surface area contributed by atoms with E-state index in [0.717, 1.165) is 6.07 Å². The first kappa shape index (κ1) is 15.9. The third-order valence-electron chi connectivity index (χ3n) is 3.57. The Labute approximate surface area is 124 Å². The van der Waals surface area contributed by atoms with Crippen molar-refractivity contribution in [3.8, 4) is 5.75 Å². The van der Waals surface area contributed by atoms with E-state index in [1.54, 1.807) is 4.90 Å². The molecule has 2 rings (SSSR count). The third kappa shape index (κ3) is 3.60. The van der Waals surface area contributed by atoms with E-state index in [2.05, 4.69) is 4.74 Å². The maximum absolute atomic E-state index is 12.4. The molecule has 0 atom stereocenters. The van der Waals surface area contributed by atoms with Gasteiger partial charge in [0.2, 0.25) is 5.75 Å². The fourth-order valence-corrected chi connectivity index (χ4v) is 2.43. The van der Waals surface area contributed by atoms with Gasteiger partial charge in [0.15, 0.2) is 0 Å². The SMILES string of the molecule is O=C(O)C1CCN(c2ccc([N+](=O)[O-])c(OC(F)F)c2)CC1. The van der Waals surface area contributed by atoms with E-state index in [1.807, 2.05) is 0 Å². The molecule has 0 bridgehead atoms. The highest BCUT2D eigenvalue weighted by atomic mass is 19.3. The number of rotatable bonds is 5. The van der Waals surface area contributed by atoms with Crippen LogP contribution in [0.5, 0.6) is 5.75 Å². The largest absolute Gasteiger partial charge is 0.481 e. The van der Waals surface area contributed by atoms with Gasteiger partial charge < -0.3 is 14.7 Å². The molecule has 22 heavy (non-hydrogen) atoms. The average Bonchev–Trinajstić information content (AvgIpc) is 2.46.